The van der Waals surface area contributed by atoms with E-state index in [1.807, 2.05) is 20.8 Å². The van der Waals surface area contributed by atoms with Crippen LogP contribution in [0.3, 0.4) is 0 Å². The van der Waals surface area contributed by atoms with Crippen molar-refractivity contribution in [3.05, 3.63) is 35.4 Å². The van der Waals surface area contributed by atoms with Gasteiger partial charge in [0.1, 0.15) is 5.60 Å². The number of hydrogen-bond acceptors (Lipinski definition) is 2. The molecule has 0 fully saturated rings. The summed E-state index contributed by atoms with van der Waals surface area (Å²) in [7, 11) is 0. The third-order valence-corrected chi connectivity index (χ3v) is 3.41. The predicted molar refractivity (Wildman–Crippen MR) is 83.8 cm³/mol. The first kappa shape index (κ1) is 16.7. The third-order valence-electron chi connectivity index (χ3n) is 3.41. The summed E-state index contributed by atoms with van der Waals surface area (Å²) >= 11 is 0. The number of rotatable bonds is 5. The summed E-state index contributed by atoms with van der Waals surface area (Å²) in [4.78, 5) is 12.5. The van der Waals surface area contributed by atoms with E-state index in [-0.39, 0.29) is 17.8 Å². The van der Waals surface area contributed by atoms with Crippen LogP contribution in [0.15, 0.2) is 24.3 Å². The van der Waals surface area contributed by atoms with Gasteiger partial charge in [0.2, 0.25) is 0 Å². The van der Waals surface area contributed by atoms with Crippen LogP contribution >= 0.6 is 0 Å². The zero-order valence-electron chi connectivity index (χ0n) is 13.7. The highest BCUT2D eigenvalue weighted by molar-refractivity contribution is 5.79. The first-order valence-corrected chi connectivity index (χ1v) is 7.54. The van der Waals surface area contributed by atoms with Gasteiger partial charge in [-0.05, 0) is 45.6 Å². The molecule has 0 aliphatic heterocycles. The lowest BCUT2D eigenvalue weighted by atomic mass is 9.84. The highest BCUT2D eigenvalue weighted by Gasteiger charge is 2.30. The van der Waals surface area contributed by atoms with Gasteiger partial charge in [0.05, 0.1) is 5.92 Å². The summed E-state index contributed by atoms with van der Waals surface area (Å²) in [6.45, 7) is 12.1. The zero-order chi connectivity index (χ0) is 15.3. The van der Waals surface area contributed by atoms with Crippen LogP contribution in [0, 0.1) is 12.8 Å². The number of ether oxygens (including phenoxy) is 1. The highest BCUT2D eigenvalue weighted by atomic mass is 16.6. The molecule has 0 saturated carbocycles. The Morgan fingerprint density at radius 2 is 1.75 bits per heavy atom. The van der Waals surface area contributed by atoms with Crippen LogP contribution in [-0.4, -0.2) is 11.6 Å². The molecule has 2 atom stereocenters. The molecule has 0 bridgehead atoms. The lowest BCUT2D eigenvalue weighted by Crippen LogP contribution is -2.30. The van der Waals surface area contributed by atoms with Gasteiger partial charge in [0, 0.05) is 0 Å². The molecule has 0 aromatic heterocycles. The van der Waals surface area contributed by atoms with E-state index in [0.717, 1.165) is 18.4 Å². The minimum Gasteiger partial charge on any atom is -0.459 e. The van der Waals surface area contributed by atoms with Crippen molar-refractivity contribution in [1.82, 2.24) is 0 Å². The van der Waals surface area contributed by atoms with E-state index in [9.17, 15) is 4.79 Å². The highest BCUT2D eigenvalue weighted by Crippen LogP contribution is 2.31. The van der Waals surface area contributed by atoms with Crippen LogP contribution < -0.4 is 0 Å². The van der Waals surface area contributed by atoms with Crippen molar-refractivity contribution in [2.45, 2.75) is 65.9 Å². The number of benzene rings is 1. The fraction of sp³-hybridized carbons (Fsp3) is 0.611. The Bertz CT molecular complexity index is 426. The molecule has 20 heavy (non-hydrogen) atoms. The largest absolute Gasteiger partial charge is 0.459 e. The van der Waals surface area contributed by atoms with Gasteiger partial charge in [0.15, 0.2) is 0 Å². The molecule has 112 valence electrons. The van der Waals surface area contributed by atoms with Crippen LogP contribution in [0.5, 0.6) is 0 Å². The van der Waals surface area contributed by atoms with Crippen molar-refractivity contribution in [2.24, 2.45) is 5.92 Å². The Morgan fingerprint density at radius 1 is 1.20 bits per heavy atom. The molecule has 0 radical (unpaired) electrons. The molecule has 1 rings (SSSR count). The maximum Gasteiger partial charge on any atom is 0.314 e. The second-order valence-corrected chi connectivity index (χ2v) is 6.69. The molecule has 2 nitrogen and oxygen atoms in total. The summed E-state index contributed by atoms with van der Waals surface area (Å²) in [6.07, 6.45) is 2.10. The molecule has 0 saturated heterocycles. The summed E-state index contributed by atoms with van der Waals surface area (Å²) < 4.78 is 5.61. The molecule has 0 amide bonds. The van der Waals surface area contributed by atoms with Crippen LogP contribution in [0.25, 0.3) is 0 Å². The van der Waals surface area contributed by atoms with E-state index in [0.29, 0.717) is 0 Å². The van der Waals surface area contributed by atoms with Crippen LogP contribution in [-0.2, 0) is 9.53 Å². The van der Waals surface area contributed by atoms with Crippen molar-refractivity contribution in [1.29, 1.82) is 0 Å². The maximum atomic E-state index is 12.5. The van der Waals surface area contributed by atoms with E-state index in [4.69, 9.17) is 4.74 Å². The summed E-state index contributed by atoms with van der Waals surface area (Å²) in [5.41, 5.74) is 1.83. The minimum absolute atomic E-state index is 0.109. The van der Waals surface area contributed by atoms with Crippen LogP contribution in [0.2, 0.25) is 0 Å². The number of carbonyl (C=O) groups excluding carboxylic acids is 1. The Kier molecular flexibility index (Phi) is 5.79. The van der Waals surface area contributed by atoms with E-state index < -0.39 is 5.60 Å². The second-order valence-electron chi connectivity index (χ2n) is 6.69. The molecule has 0 aliphatic carbocycles. The Labute approximate surface area is 123 Å². The van der Waals surface area contributed by atoms with Gasteiger partial charge in [0.25, 0.3) is 0 Å². The Balaban J connectivity index is 3.02. The van der Waals surface area contributed by atoms with Gasteiger partial charge >= 0.3 is 5.97 Å². The fourth-order valence-electron chi connectivity index (χ4n) is 2.46. The number of aryl methyl sites for hydroxylation is 1. The molecular weight excluding hydrogens is 248 g/mol. The van der Waals surface area contributed by atoms with Crippen molar-refractivity contribution < 1.29 is 9.53 Å². The average Bonchev–Trinajstić information content (AvgIpc) is 2.30. The predicted octanol–water partition coefficient (Wildman–Crippen LogP) is 4.86. The smallest absolute Gasteiger partial charge is 0.314 e. The van der Waals surface area contributed by atoms with E-state index >= 15 is 0 Å². The Morgan fingerprint density at radius 3 is 2.20 bits per heavy atom. The summed E-state index contributed by atoms with van der Waals surface area (Å²) in [6, 6.07) is 8.23. The standard InChI is InChI=1S/C18H28O2/c1-7-8-14(3)16(17(19)20-18(4,5)6)15-11-9-13(2)10-12-15/h9-12,14,16H,7-8H2,1-6H3. The molecule has 1 aromatic rings. The molecular formula is C18H28O2. The number of esters is 1. The SMILES string of the molecule is CCCC(C)C(C(=O)OC(C)(C)C)c1ccc(C)cc1. The minimum atomic E-state index is -0.439. The number of hydrogen-bond donors (Lipinski definition) is 0. The van der Waals surface area contributed by atoms with Gasteiger partial charge in [-0.3, -0.25) is 4.79 Å². The molecule has 2 unspecified atom stereocenters. The van der Waals surface area contributed by atoms with E-state index in [1.54, 1.807) is 0 Å². The van der Waals surface area contributed by atoms with Gasteiger partial charge in [-0.2, -0.15) is 0 Å². The van der Waals surface area contributed by atoms with Crippen LogP contribution in [0.4, 0.5) is 0 Å². The monoisotopic (exact) mass is 276 g/mol. The molecule has 0 N–H and O–H groups in total. The lowest BCUT2D eigenvalue weighted by Gasteiger charge is -2.27. The fourth-order valence-corrected chi connectivity index (χ4v) is 2.46. The topological polar surface area (TPSA) is 26.3 Å². The second kappa shape index (κ2) is 6.92. The van der Waals surface area contributed by atoms with Crippen molar-refractivity contribution >= 4 is 5.97 Å². The maximum absolute atomic E-state index is 12.5. The molecule has 0 spiro atoms. The molecule has 0 heterocycles. The zero-order valence-corrected chi connectivity index (χ0v) is 13.7. The van der Waals surface area contributed by atoms with Gasteiger partial charge in [-0.15, -0.1) is 0 Å². The van der Waals surface area contributed by atoms with Gasteiger partial charge < -0.3 is 4.74 Å². The Hall–Kier alpha value is -1.31. The molecule has 1 aromatic carbocycles. The third kappa shape index (κ3) is 4.99. The van der Waals surface area contributed by atoms with Crippen molar-refractivity contribution in [3.8, 4) is 0 Å². The normalized spacial score (nSPS) is 14.7. The summed E-state index contributed by atoms with van der Waals surface area (Å²) in [5.74, 6) is 0.00892. The van der Waals surface area contributed by atoms with E-state index in [2.05, 4.69) is 45.0 Å². The lowest BCUT2D eigenvalue weighted by molar-refractivity contribution is -0.158. The van der Waals surface area contributed by atoms with Crippen molar-refractivity contribution in [3.63, 3.8) is 0 Å². The quantitative estimate of drug-likeness (QED) is 0.718. The van der Waals surface area contributed by atoms with Crippen molar-refractivity contribution in [2.75, 3.05) is 0 Å². The average molecular weight is 276 g/mol. The summed E-state index contributed by atoms with van der Waals surface area (Å²) in [5, 5.41) is 0. The van der Waals surface area contributed by atoms with Crippen LogP contribution in [0.1, 0.15) is 64.5 Å². The number of carbonyl (C=O) groups is 1. The molecule has 2 heteroatoms. The van der Waals surface area contributed by atoms with Gasteiger partial charge in [-0.25, -0.2) is 0 Å². The van der Waals surface area contributed by atoms with Gasteiger partial charge in [-0.1, -0.05) is 50.1 Å². The van der Waals surface area contributed by atoms with E-state index in [1.165, 1.54) is 5.56 Å². The first-order chi connectivity index (χ1) is 9.24. The molecule has 0 aliphatic rings. The first-order valence-electron chi connectivity index (χ1n) is 7.54.